The Morgan fingerprint density at radius 3 is 2.09 bits per heavy atom. The van der Waals surface area contributed by atoms with Crippen molar-refractivity contribution in [2.75, 3.05) is 0 Å². The normalized spacial score (nSPS) is 15.0. The fourth-order valence-electron chi connectivity index (χ4n) is 1.55. The van der Waals surface area contributed by atoms with E-state index in [0.717, 1.165) is 12.8 Å². The fraction of sp³-hybridized carbons (Fsp3) is 1.00. The minimum absolute atomic E-state index is 0.583. The molecule has 0 nitrogen and oxygen atoms in total. The van der Waals surface area contributed by atoms with E-state index >= 15 is 0 Å². The van der Waals surface area contributed by atoms with Crippen LogP contribution in [0.3, 0.4) is 0 Å². The lowest BCUT2D eigenvalue weighted by molar-refractivity contribution is 0.162. The molecule has 1 heteroatoms. The number of alkyl halides is 1. The molecule has 0 spiro atoms. The SMILES string of the molecule is CCCC(CC)CC(C)(C)F. The fourth-order valence-corrected chi connectivity index (χ4v) is 1.55. The topological polar surface area (TPSA) is 0 Å². The molecule has 0 rings (SSSR count). The molecule has 0 aromatic rings. The second-order valence-corrected chi connectivity index (χ2v) is 3.99. The van der Waals surface area contributed by atoms with Gasteiger partial charge in [-0.15, -0.1) is 0 Å². The third kappa shape index (κ3) is 6.33. The average molecular weight is 160 g/mol. The predicted molar refractivity (Wildman–Crippen MR) is 48.5 cm³/mol. The lowest BCUT2D eigenvalue weighted by Gasteiger charge is -2.21. The molecule has 0 aliphatic heterocycles. The molecule has 0 aromatic carbocycles. The molecular weight excluding hydrogens is 139 g/mol. The highest BCUT2D eigenvalue weighted by Crippen LogP contribution is 2.25. The molecule has 0 heterocycles. The molecule has 0 aliphatic rings. The minimum atomic E-state index is -0.976. The molecule has 1 atom stereocenters. The molecule has 11 heavy (non-hydrogen) atoms. The van der Waals surface area contributed by atoms with Gasteiger partial charge in [-0.25, -0.2) is 4.39 Å². The molecule has 0 N–H and O–H groups in total. The standard InChI is InChI=1S/C10H21F/c1-5-7-9(6-2)8-10(3,4)11/h9H,5-8H2,1-4H3. The summed E-state index contributed by atoms with van der Waals surface area (Å²) in [5.74, 6) is 0.583. The first-order chi connectivity index (χ1) is 4.99. The van der Waals surface area contributed by atoms with Crippen LogP contribution in [0, 0.1) is 5.92 Å². The van der Waals surface area contributed by atoms with Gasteiger partial charge in [0.15, 0.2) is 0 Å². The Hall–Kier alpha value is -0.0700. The monoisotopic (exact) mass is 160 g/mol. The smallest absolute Gasteiger partial charge is 0.105 e. The Morgan fingerprint density at radius 1 is 1.27 bits per heavy atom. The minimum Gasteiger partial charge on any atom is -0.244 e. The Balaban J connectivity index is 3.68. The van der Waals surface area contributed by atoms with E-state index in [0.29, 0.717) is 5.92 Å². The van der Waals surface area contributed by atoms with Crippen molar-refractivity contribution < 1.29 is 4.39 Å². The molecule has 0 bridgehead atoms. The first-order valence-electron chi connectivity index (χ1n) is 4.68. The zero-order valence-electron chi connectivity index (χ0n) is 8.28. The maximum Gasteiger partial charge on any atom is 0.105 e. The van der Waals surface area contributed by atoms with E-state index in [9.17, 15) is 4.39 Å². The van der Waals surface area contributed by atoms with Crippen LogP contribution in [0.25, 0.3) is 0 Å². The van der Waals surface area contributed by atoms with Gasteiger partial charge in [0.25, 0.3) is 0 Å². The van der Waals surface area contributed by atoms with Crippen molar-refractivity contribution in [3.05, 3.63) is 0 Å². The van der Waals surface area contributed by atoms with Gasteiger partial charge >= 0.3 is 0 Å². The maximum absolute atomic E-state index is 13.1. The number of hydrogen-bond acceptors (Lipinski definition) is 0. The van der Waals surface area contributed by atoms with Crippen molar-refractivity contribution in [1.82, 2.24) is 0 Å². The summed E-state index contributed by atoms with van der Waals surface area (Å²) in [4.78, 5) is 0. The molecule has 0 fully saturated rings. The highest BCUT2D eigenvalue weighted by Gasteiger charge is 2.20. The summed E-state index contributed by atoms with van der Waals surface area (Å²) in [6.45, 7) is 7.65. The van der Waals surface area contributed by atoms with Gasteiger partial charge in [0.2, 0.25) is 0 Å². The van der Waals surface area contributed by atoms with Crippen molar-refractivity contribution >= 4 is 0 Å². The zero-order chi connectivity index (χ0) is 8.91. The Kier molecular flexibility index (Phi) is 4.71. The first kappa shape index (κ1) is 10.9. The molecule has 0 radical (unpaired) electrons. The molecule has 0 aromatic heterocycles. The number of hydrogen-bond donors (Lipinski definition) is 0. The summed E-state index contributed by atoms with van der Waals surface area (Å²) in [6.07, 6.45) is 4.18. The van der Waals surface area contributed by atoms with Gasteiger partial charge in [0.1, 0.15) is 5.67 Å². The predicted octanol–water partition coefficient (Wildman–Crippen LogP) is 3.95. The van der Waals surface area contributed by atoms with E-state index < -0.39 is 5.67 Å². The zero-order valence-corrected chi connectivity index (χ0v) is 8.28. The summed E-state index contributed by atoms with van der Waals surface area (Å²) in [5, 5.41) is 0. The van der Waals surface area contributed by atoms with Crippen molar-refractivity contribution in [3.63, 3.8) is 0 Å². The molecule has 0 aliphatic carbocycles. The van der Waals surface area contributed by atoms with Gasteiger partial charge in [0.05, 0.1) is 0 Å². The van der Waals surface area contributed by atoms with Crippen LogP contribution in [0.4, 0.5) is 4.39 Å². The molecule has 68 valence electrons. The Morgan fingerprint density at radius 2 is 1.82 bits per heavy atom. The van der Waals surface area contributed by atoms with Crippen molar-refractivity contribution in [2.24, 2.45) is 5.92 Å². The van der Waals surface area contributed by atoms with E-state index in [4.69, 9.17) is 0 Å². The van der Waals surface area contributed by atoms with E-state index in [-0.39, 0.29) is 0 Å². The van der Waals surface area contributed by atoms with Crippen LogP contribution < -0.4 is 0 Å². The van der Waals surface area contributed by atoms with Gasteiger partial charge in [0, 0.05) is 0 Å². The Labute approximate surface area is 70.2 Å². The van der Waals surface area contributed by atoms with Crippen molar-refractivity contribution in [2.45, 2.75) is 59.0 Å². The van der Waals surface area contributed by atoms with Crippen LogP contribution in [0.15, 0.2) is 0 Å². The molecule has 0 amide bonds. The van der Waals surface area contributed by atoms with Gasteiger partial charge < -0.3 is 0 Å². The summed E-state index contributed by atoms with van der Waals surface area (Å²) >= 11 is 0. The lowest BCUT2D eigenvalue weighted by Crippen LogP contribution is -2.17. The van der Waals surface area contributed by atoms with Gasteiger partial charge in [-0.3, -0.25) is 0 Å². The number of halogens is 1. The van der Waals surface area contributed by atoms with Crippen LogP contribution >= 0.6 is 0 Å². The molecule has 0 saturated heterocycles. The van der Waals surface area contributed by atoms with Crippen LogP contribution in [-0.2, 0) is 0 Å². The highest BCUT2D eigenvalue weighted by molar-refractivity contribution is 4.71. The van der Waals surface area contributed by atoms with Gasteiger partial charge in [-0.1, -0.05) is 33.1 Å². The molecule has 0 saturated carbocycles. The first-order valence-corrected chi connectivity index (χ1v) is 4.68. The summed E-state index contributed by atoms with van der Waals surface area (Å²) < 4.78 is 13.1. The average Bonchev–Trinajstić information content (AvgIpc) is 1.84. The van der Waals surface area contributed by atoms with Crippen LogP contribution in [-0.4, -0.2) is 5.67 Å². The number of rotatable bonds is 5. The van der Waals surface area contributed by atoms with Crippen LogP contribution in [0.5, 0.6) is 0 Å². The molecule has 1 unspecified atom stereocenters. The largest absolute Gasteiger partial charge is 0.244 e. The van der Waals surface area contributed by atoms with E-state index in [2.05, 4.69) is 13.8 Å². The van der Waals surface area contributed by atoms with Crippen molar-refractivity contribution in [1.29, 1.82) is 0 Å². The quantitative estimate of drug-likeness (QED) is 0.571. The maximum atomic E-state index is 13.1. The van der Waals surface area contributed by atoms with Crippen LogP contribution in [0.1, 0.15) is 53.4 Å². The third-order valence-electron chi connectivity index (χ3n) is 2.05. The second kappa shape index (κ2) is 4.74. The summed E-state index contributed by atoms with van der Waals surface area (Å²) in [5.41, 5.74) is -0.976. The van der Waals surface area contributed by atoms with Gasteiger partial charge in [-0.05, 0) is 26.2 Å². The van der Waals surface area contributed by atoms with E-state index in [1.807, 2.05) is 0 Å². The van der Waals surface area contributed by atoms with E-state index in [1.54, 1.807) is 13.8 Å². The lowest BCUT2D eigenvalue weighted by atomic mass is 9.89. The third-order valence-corrected chi connectivity index (χ3v) is 2.05. The van der Waals surface area contributed by atoms with Crippen molar-refractivity contribution in [3.8, 4) is 0 Å². The van der Waals surface area contributed by atoms with E-state index in [1.165, 1.54) is 12.8 Å². The van der Waals surface area contributed by atoms with Crippen LogP contribution in [0.2, 0.25) is 0 Å². The summed E-state index contributed by atoms with van der Waals surface area (Å²) in [7, 11) is 0. The second-order valence-electron chi connectivity index (χ2n) is 3.99. The van der Waals surface area contributed by atoms with Gasteiger partial charge in [-0.2, -0.15) is 0 Å². The summed E-state index contributed by atoms with van der Waals surface area (Å²) in [6, 6.07) is 0. The Bertz CT molecular complexity index is 91.5. The molecular formula is C10H21F. The highest BCUT2D eigenvalue weighted by atomic mass is 19.1.